The van der Waals surface area contributed by atoms with Gasteiger partial charge in [-0.05, 0) is 31.9 Å². The van der Waals surface area contributed by atoms with Crippen LogP contribution in [-0.4, -0.2) is 36.9 Å². The Labute approximate surface area is 131 Å². The van der Waals surface area contributed by atoms with Crippen molar-refractivity contribution in [2.45, 2.75) is 32.0 Å². The third-order valence-electron chi connectivity index (χ3n) is 4.71. The molecule has 1 aliphatic carbocycles. The van der Waals surface area contributed by atoms with E-state index in [4.69, 9.17) is 9.84 Å². The van der Waals surface area contributed by atoms with Crippen LogP contribution in [0.15, 0.2) is 18.2 Å². The van der Waals surface area contributed by atoms with Crippen molar-refractivity contribution >= 4 is 11.7 Å². The zero-order valence-corrected chi connectivity index (χ0v) is 12.7. The molecule has 2 atom stereocenters. The number of nitrogens with zero attached hydrogens (tertiary/aromatic N) is 1. The molecule has 1 saturated heterocycles. The van der Waals surface area contributed by atoms with Crippen LogP contribution in [0.4, 0.5) is 18.9 Å². The fourth-order valence-electron chi connectivity index (χ4n) is 3.40. The smallest absolute Gasteiger partial charge is 0.418 e. The van der Waals surface area contributed by atoms with Crippen LogP contribution in [0.2, 0.25) is 0 Å². The maximum Gasteiger partial charge on any atom is 0.418 e. The Balaban J connectivity index is 1.75. The second-order valence-electron chi connectivity index (χ2n) is 6.45. The molecule has 1 heterocycles. The Morgan fingerprint density at radius 2 is 2.22 bits per heavy atom. The van der Waals surface area contributed by atoms with E-state index in [1.165, 1.54) is 12.1 Å². The van der Waals surface area contributed by atoms with Crippen molar-refractivity contribution in [1.82, 2.24) is 0 Å². The molecule has 3 rings (SSSR count). The van der Waals surface area contributed by atoms with Gasteiger partial charge in [-0.25, -0.2) is 4.79 Å². The van der Waals surface area contributed by atoms with E-state index in [1.807, 2.05) is 0 Å². The minimum Gasteiger partial charge on any atom is -0.480 e. The van der Waals surface area contributed by atoms with Gasteiger partial charge in [-0.2, -0.15) is 13.2 Å². The number of carbonyl (C=O) groups is 1. The minimum atomic E-state index is -4.39. The quantitative estimate of drug-likeness (QED) is 0.922. The van der Waals surface area contributed by atoms with Crippen molar-refractivity contribution in [3.05, 3.63) is 29.3 Å². The van der Waals surface area contributed by atoms with E-state index in [9.17, 15) is 18.0 Å². The average Bonchev–Trinajstić information content (AvgIpc) is 2.94. The van der Waals surface area contributed by atoms with Gasteiger partial charge in [-0.3, -0.25) is 0 Å². The van der Waals surface area contributed by atoms with E-state index in [-0.39, 0.29) is 23.8 Å². The van der Waals surface area contributed by atoms with E-state index in [0.717, 1.165) is 6.42 Å². The van der Waals surface area contributed by atoms with Crippen molar-refractivity contribution in [1.29, 1.82) is 0 Å². The number of ether oxygens (including phenoxy) is 1. The molecule has 0 radical (unpaired) electrons. The van der Waals surface area contributed by atoms with Crippen LogP contribution in [0.1, 0.15) is 24.0 Å². The van der Waals surface area contributed by atoms with Crippen LogP contribution in [0.5, 0.6) is 0 Å². The molecule has 23 heavy (non-hydrogen) atoms. The summed E-state index contributed by atoms with van der Waals surface area (Å²) in [6.07, 6.45) is -3.12. The Hall–Kier alpha value is -1.76. The van der Waals surface area contributed by atoms with Crippen molar-refractivity contribution in [3.63, 3.8) is 0 Å². The van der Waals surface area contributed by atoms with Gasteiger partial charge in [0.2, 0.25) is 0 Å². The molecule has 1 saturated carbocycles. The fraction of sp³-hybridized carbons (Fsp3) is 0.562. The summed E-state index contributed by atoms with van der Waals surface area (Å²) in [6, 6.07) is 4.37. The highest BCUT2D eigenvalue weighted by Gasteiger charge is 2.59. The number of hydrogen-bond donors (Lipinski definition) is 1. The van der Waals surface area contributed by atoms with Crippen LogP contribution in [0.25, 0.3) is 0 Å². The Bertz CT molecular complexity index is 631. The first-order valence-corrected chi connectivity index (χ1v) is 7.47. The molecule has 0 bridgehead atoms. The molecule has 2 unspecified atom stereocenters. The molecule has 2 fully saturated rings. The second-order valence-corrected chi connectivity index (χ2v) is 6.45. The third-order valence-corrected chi connectivity index (χ3v) is 4.71. The first-order valence-electron chi connectivity index (χ1n) is 7.47. The largest absolute Gasteiger partial charge is 0.480 e. The van der Waals surface area contributed by atoms with Crippen LogP contribution < -0.4 is 4.90 Å². The molecule has 1 N–H and O–H groups in total. The summed E-state index contributed by atoms with van der Waals surface area (Å²) in [6.45, 7) is 2.29. The van der Waals surface area contributed by atoms with Gasteiger partial charge in [-0.1, -0.05) is 11.6 Å². The van der Waals surface area contributed by atoms with Gasteiger partial charge >= 0.3 is 12.1 Å². The monoisotopic (exact) mass is 329 g/mol. The fourth-order valence-corrected chi connectivity index (χ4v) is 3.40. The second kappa shape index (κ2) is 5.40. The van der Waals surface area contributed by atoms with Gasteiger partial charge in [-0.15, -0.1) is 0 Å². The van der Waals surface area contributed by atoms with Gasteiger partial charge in [0, 0.05) is 24.2 Å². The number of alkyl halides is 3. The molecule has 126 valence electrons. The number of aliphatic carboxylic acids is 1. The van der Waals surface area contributed by atoms with E-state index < -0.39 is 17.7 Å². The zero-order chi connectivity index (χ0) is 16.8. The van der Waals surface area contributed by atoms with E-state index in [0.29, 0.717) is 25.1 Å². The van der Waals surface area contributed by atoms with Gasteiger partial charge in [0.25, 0.3) is 0 Å². The summed E-state index contributed by atoms with van der Waals surface area (Å²) in [5.74, 6) is -1.03. The normalized spacial score (nSPS) is 26.8. The Morgan fingerprint density at radius 3 is 2.87 bits per heavy atom. The molecule has 1 aromatic carbocycles. The van der Waals surface area contributed by atoms with Crippen molar-refractivity contribution in [2.75, 3.05) is 24.6 Å². The lowest BCUT2D eigenvalue weighted by molar-refractivity contribution is -0.143. The van der Waals surface area contributed by atoms with Crippen molar-refractivity contribution in [3.8, 4) is 0 Å². The lowest BCUT2D eigenvalue weighted by Gasteiger charge is -2.24. The molecule has 2 aliphatic rings. The van der Waals surface area contributed by atoms with Crippen molar-refractivity contribution in [2.24, 2.45) is 5.41 Å². The van der Waals surface area contributed by atoms with Crippen molar-refractivity contribution < 1.29 is 27.8 Å². The highest BCUT2D eigenvalue weighted by Crippen LogP contribution is 2.56. The topological polar surface area (TPSA) is 49.8 Å². The predicted molar refractivity (Wildman–Crippen MR) is 77.4 cm³/mol. The summed E-state index contributed by atoms with van der Waals surface area (Å²) in [4.78, 5) is 12.3. The highest BCUT2D eigenvalue weighted by molar-refractivity contribution is 5.68. The number of rotatable bonds is 4. The SMILES string of the molecule is Cc1ccc(N2CCC3(CC3OCC(=O)O)C2)c(C(F)(F)F)c1. The maximum absolute atomic E-state index is 13.3. The van der Waals surface area contributed by atoms with Crippen LogP contribution in [0, 0.1) is 12.3 Å². The average molecular weight is 329 g/mol. The molecule has 0 amide bonds. The summed E-state index contributed by atoms with van der Waals surface area (Å²) in [7, 11) is 0. The summed E-state index contributed by atoms with van der Waals surface area (Å²) >= 11 is 0. The number of benzene rings is 1. The number of carboxylic acid groups (broad SMARTS) is 1. The standard InChI is InChI=1S/C16H18F3NO3/c1-10-2-3-12(11(6-10)16(17,18)19)20-5-4-15(9-20)7-13(15)23-8-14(21)22/h2-3,6,13H,4-5,7-9H2,1H3,(H,21,22). The van der Waals surface area contributed by atoms with E-state index in [1.54, 1.807) is 17.9 Å². The van der Waals surface area contributed by atoms with Crippen LogP contribution in [0.3, 0.4) is 0 Å². The number of carboxylic acids is 1. The van der Waals surface area contributed by atoms with Gasteiger partial charge in [0.1, 0.15) is 6.61 Å². The van der Waals surface area contributed by atoms with E-state index >= 15 is 0 Å². The molecular formula is C16H18F3NO3. The first kappa shape index (κ1) is 16.1. The zero-order valence-electron chi connectivity index (χ0n) is 12.7. The van der Waals surface area contributed by atoms with Gasteiger partial charge in [0.15, 0.2) is 0 Å². The third kappa shape index (κ3) is 3.15. The maximum atomic E-state index is 13.3. The Kier molecular flexibility index (Phi) is 3.78. The highest BCUT2D eigenvalue weighted by atomic mass is 19.4. The Morgan fingerprint density at radius 1 is 1.48 bits per heavy atom. The molecule has 0 aromatic heterocycles. The molecule has 1 aromatic rings. The van der Waals surface area contributed by atoms with Crippen LogP contribution in [-0.2, 0) is 15.7 Å². The molecule has 1 aliphatic heterocycles. The van der Waals surface area contributed by atoms with E-state index in [2.05, 4.69) is 0 Å². The lowest BCUT2D eigenvalue weighted by Crippen LogP contribution is -2.25. The molecule has 4 nitrogen and oxygen atoms in total. The number of aryl methyl sites for hydroxylation is 1. The van der Waals surface area contributed by atoms with Gasteiger partial charge < -0.3 is 14.7 Å². The first-order chi connectivity index (χ1) is 10.7. The molecule has 1 spiro atoms. The molecule has 7 heteroatoms. The number of halogens is 3. The summed E-state index contributed by atoms with van der Waals surface area (Å²) in [5.41, 5.74) is -0.0328. The van der Waals surface area contributed by atoms with Gasteiger partial charge in [0.05, 0.1) is 11.7 Å². The van der Waals surface area contributed by atoms with Crippen LogP contribution >= 0.6 is 0 Å². The minimum absolute atomic E-state index is 0.164. The summed E-state index contributed by atoms with van der Waals surface area (Å²) < 4.78 is 45.1. The molecular weight excluding hydrogens is 311 g/mol. The predicted octanol–water partition coefficient (Wildman–Crippen LogP) is 3.08. The summed E-state index contributed by atoms with van der Waals surface area (Å²) in [5, 5.41) is 8.64. The lowest BCUT2D eigenvalue weighted by atomic mass is 10.1. The number of hydrogen-bond acceptors (Lipinski definition) is 3. The number of anilines is 1.